The lowest BCUT2D eigenvalue weighted by Crippen LogP contribution is -2.63. The second kappa shape index (κ2) is 10.9. The molecule has 0 bridgehead atoms. The molecule has 6 nitrogen and oxygen atoms in total. The average Bonchev–Trinajstić information content (AvgIpc) is 3.16. The molecule has 4 saturated carbocycles. The van der Waals surface area contributed by atoms with Crippen molar-refractivity contribution in [2.75, 3.05) is 0 Å². The molecular formula is C31H51NO5. The predicted molar refractivity (Wildman–Crippen MR) is 144 cm³/mol. The van der Waals surface area contributed by atoms with Crippen molar-refractivity contribution in [1.29, 1.82) is 0 Å². The van der Waals surface area contributed by atoms with E-state index in [0.717, 1.165) is 31.6 Å². The fourth-order valence-electron chi connectivity index (χ4n) is 9.79. The molecule has 0 saturated heterocycles. The van der Waals surface area contributed by atoms with Crippen LogP contribution in [0, 0.1) is 52.3 Å². The first kappa shape index (κ1) is 28.4. The van der Waals surface area contributed by atoms with Crippen molar-refractivity contribution in [2.45, 2.75) is 125 Å². The van der Waals surface area contributed by atoms with Crippen LogP contribution in [-0.4, -0.2) is 35.1 Å². The molecule has 0 radical (unpaired) electrons. The van der Waals surface area contributed by atoms with Crippen LogP contribution in [0.25, 0.3) is 0 Å². The van der Waals surface area contributed by atoms with Crippen molar-refractivity contribution in [3.8, 4) is 0 Å². The van der Waals surface area contributed by atoms with Gasteiger partial charge in [-0.15, -0.1) is 0 Å². The van der Waals surface area contributed by atoms with Gasteiger partial charge in [0.2, 0.25) is 0 Å². The highest BCUT2D eigenvalue weighted by molar-refractivity contribution is 5.94. The molecule has 210 valence electrons. The van der Waals surface area contributed by atoms with E-state index >= 15 is 0 Å². The summed E-state index contributed by atoms with van der Waals surface area (Å²) in [4.78, 5) is 24.1. The summed E-state index contributed by atoms with van der Waals surface area (Å²) in [5, 5.41) is 14.2. The topological polar surface area (TPSA) is 85.2 Å². The Kier molecular flexibility index (Phi) is 8.36. The highest BCUT2D eigenvalue weighted by atomic mass is 16.5. The summed E-state index contributed by atoms with van der Waals surface area (Å²) in [7, 11) is 0. The van der Waals surface area contributed by atoms with Gasteiger partial charge in [0.05, 0.1) is 0 Å². The highest BCUT2D eigenvalue weighted by Gasteiger charge is 2.66. The number of esters is 2. The number of ether oxygens (including phenoxy) is 2. The Morgan fingerprint density at radius 3 is 2.22 bits per heavy atom. The molecule has 0 unspecified atom stereocenters. The summed E-state index contributed by atoms with van der Waals surface area (Å²) in [5.74, 6) is 2.51. The predicted octanol–water partition coefficient (Wildman–Crippen LogP) is 7.02. The molecule has 0 aromatic carbocycles. The number of hydrogen-bond acceptors (Lipinski definition) is 6. The summed E-state index contributed by atoms with van der Waals surface area (Å²) in [5.41, 5.74) is 0.769. The van der Waals surface area contributed by atoms with Crippen molar-refractivity contribution in [2.24, 2.45) is 57.4 Å². The van der Waals surface area contributed by atoms with Gasteiger partial charge >= 0.3 is 11.9 Å². The Hall–Kier alpha value is -1.59. The van der Waals surface area contributed by atoms with Crippen molar-refractivity contribution < 1.29 is 24.3 Å². The summed E-state index contributed by atoms with van der Waals surface area (Å²) < 4.78 is 11.7. The van der Waals surface area contributed by atoms with E-state index < -0.39 is 6.10 Å². The Labute approximate surface area is 224 Å². The van der Waals surface area contributed by atoms with Gasteiger partial charge in [0, 0.05) is 25.7 Å². The molecule has 6 heteroatoms. The first-order valence-corrected chi connectivity index (χ1v) is 15.0. The van der Waals surface area contributed by atoms with Crippen molar-refractivity contribution in [3.63, 3.8) is 0 Å². The molecule has 4 rings (SSSR count). The lowest BCUT2D eigenvalue weighted by Gasteiger charge is -2.62. The van der Waals surface area contributed by atoms with Gasteiger partial charge in [-0.25, -0.2) is 0 Å². The SMILES string of the molecule is CC(=O)O[C@H]1CC[C@@]2(C)[C@H](C1)/C(=N\O)[C@H](OC(C)=O)[C@@H]1[C@@H]2CC[C@]2(C)[C@@H]([C@H](C)CCCC(C)C)CC[C@@H]12. The number of rotatable bonds is 7. The molecular weight excluding hydrogens is 466 g/mol. The minimum Gasteiger partial charge on any atom is -0.463 e. The number of nitrogens with zero attached hydrogens (tertiary/aromatic N) is 1. The zero-order chi connectivity index (χ0) is 27.1. The second-order valence-corrected chi connectivity index (χ2v) is 13.9. The normalized spacial score (nSPS) is 43.0. The van der Waals surface area contributed by atoms with Crippen LogP contribution in [0.1, 0.15) is 113 Å². The fraction of sp³-hybridized carbons (Fsp3) is 0.903. The molecule has 0 aliphatic heterocycles. The van der Waals surface area contributed by atoms with Gasteiger partial charge in [-0.3, -0.25) is 9.59 Å². The summed E-state index contributed by atoms with van der Waals surface area (Å²) >= 11 is 0. The van der Waals surface area contributed by atoms with E-state index in [1.165, 1.54) is 46.0 Å². The molecule has 0 aromatic heterocycles. The number of carbonyl (C=O) groups is 2. The second-order valence-electron chi connectivity index (χ2n) is 13.9. The minimum atomic E-state index is -0.499. The number of hydrogen-bond donors (Lipinski definition) is 1. The molecule has 0 aromatic rings. The third kappa shape index (κ3) is 5.20. The maximum atomic E-state index is 12.4. The molecule has 0 heterocycles. The maximum Gasteiger partial charge on any atom is 0.303 e. The Bertz CT molecular complexity index is 885. The van der Waals surface area contributed by atoms with Gasteiger partial charge in [-0.1, -0.05) is 59.0 Å². The van der Waals surface area contributed by atoms with E-state index in [4.69, 9.17) is 9.47 Å². The zero-order valence-corrected chi connectivity index (χ0v) is 24.3. The lowest BCUT2D eigenvalue weighted by atomic mass is 9.43. The van der Waals surface area contributed by atoms with Gasteiger partial charge < -0.3 is 14.7 Å². The van der Waals surface area contributed by atoms with Crippen LogP contribution >= 0.6 is 0 Å². The van der Waals surface area contributed by atoms with Gasteiger partial charge in [-0.2, -0.15) is 0 Å². The zero-order valence-electron chi connectivity index (χ0n) is 24.3. The Morgan fingerprint density at radius 2 is 1.59 bits per heavy atom. The molecule has 0 amide bonds. The standard InChI is InChI=1S/C31H51NO5/c1-18(2)9-8-10-19(3)23-11-12-24-27-25(14-16-30(23,24)6)31(7)15-13-22(36-20(4)33)17-26(31)28(32-35)29(27)37-21(5)34/h18-19,22-27,29,35H,8-17H2,1-7H3/b32-28+/t19-,22+,23-,24+,25+,26-,27+,29-,30-,31-/m1/s1. The lowest BCUT2D eigenvalue weighted by molar-refractivity contribution is -0.168. The van der Waals surface area contributed by atoms with Gasteiger partial charge in [-0.05, 0) is 85.4 Å². The largest absolute Gasteiger partial charge is 0.463 e. The van der Waals surface area contributed by atoms with Crippen molar-refractivity contribution in [3.05, 3.63) is 0 Å². The fourth-order valence-corrected chi connectivity index (χ4v) is 9.79. The van der Waals surface area contributed by atoms with Crippen LogP contribution in [0.15, 0.2) is 5.16 Å². The van der Waals surface area contributed by atoms with Crippen LogP contribution in [-0.2, 0) is 19.1 Å². The first-order valence-electron chi connectivity index (χ1n) is 15.0. The Balaban J connectivity index is 1.65. The molecule has 10 atom stereocenters. The van der Waals surface area contributed by atoms with E-state index in [9.17, 15) is 14.8 Å². The molecule has 1 N–H and O–H groups in total. The van der Waals surface area contributed by atoms with E-state index in [-0.39, 0.29) is 40.7 Å². The quantitative estimate of drug-likeness (QED) is 0.223. The van der Waals surface area contributed by atoms with E-state index in [2.05, 4.69) is 39.8 Å². The van der Waals surface area contributed by atoms with E-state index in [1.54, 1.807) is 0 Å². The molecule has 4 aliphatic carbocycles. The van der Waals surface area contributed by atoms with Crippen LogP contribution in [0.2, 0.25) is 0 Å². The molecule has 37 heavy (non-hydrogen) atoms. The van der Waals surface area contributed by atoms with Crippen LogP contribution in [0.3, 0.4) is 0 Å². The third-order valence-corrected chi connectivity index (χ3v) is 11.4. The first-order chi connectivity index (χ1) is 17.4. The minimum absolute atomic E-state index is 0.0537. The van der Waals surface area contributed by atoms with Crippen LogP contribution < -0.4 is 0 Å². The Morgan fingerprint density at radius 1 is 0.946 bits per heavy atom. The molecule has 0 spiro atoms. The monoisotopic (exact) mass is 517 g/mol. The molecule has 4 fully saturated rings. The summed E-state index contributed by atoms with van der Waals surface area (Å²) in [6.07, 6.45) is 10.3. The summed E-state index contributed by atoms with van der Waals surface area (Å²) in [6, 6.07) is 0. The number of oxime groups is 1. The third-order valence-electron chi connectivity index (χ3n) is 11.4. The summed E-state index contributed by atoms with van der Waals surface area (Å²) in [6.45, 7) is 14.9. The van der Waals surface area contributed by atoms with E-state index in [0.29, 0.717) is 35.8 Å². The van der Waals surface area contributed by atoms with Crippen molar-refractivity contribution >= 4 is 17.7 Å². The van der Waals surface area contributed by atoms with Crippen molar-refractivity contribution in [1.82, 2.24) is 0 Å². The maximum absolute atomic E-state index is 12.4. The van der Waals surface area contributed by atoms with Gasteiger partial charge in [0.15, 0.2) is 0 Å². The highest BCUT2D eigenvalue weighted by Crippen LogP contribution is 2.68. The van der Waals surface area contributed by atoms with Gasteiger partial charge in [0.25, 0.3) is 0 Å². The smallest absolute Gasteiger partial charge is 0.303 e. The van der Waals surface area contributed by atoms with E-state index in [1.807, 2.05) is 0 Å². The molecule has 4 aliphatic rings. The van der Waals surface area contributed by atoms with Crippen LogP contribution in [0.5, 0.6) is 0 Å². The average molecular weight is 518 g/mol. The number of fused-ring (bicyclic) bond motifs is 5. The van der Waals surface area contributed by atoms with Crippen LogP contribution in [0.4, 0.5) is 0 Å². The number of carbonyl (C=O) groups excluding carboxylic acids is 2. The van der Waals surface area contributed by atoms with Gasteiger partial charge in [0.1, 0.15) is 17.9 Å².